The van der Waals surface area contributed by atoms with E-state index in [1.807, 2.05) is 56.3 Å². The number of nitrogens with zero attached hydrogens (tertiary/aromatic N) is 3. The smallest absolute Gasteiger partial charge is 0.260 e. The molecule has 0 bridgehead atoms. The van der Waals surface area contributed by atoms with Crippen LogP contribution < -0.4 is 0 Å². The van der Waals surface area contributed by atoms with E-state index in [0.717, 1.165) is 5.56 Å². The van der Waals surface area contributed by atoms with Gasteiger partial charge in [-0.1, -0.05) is 37.3 Å². The summed E-state index contributed by atoms with van der Waals surface area (Å²) >= 11 is 0. The molecule has 2 atom stereocenters. The van der Waals surface area contributed by atoms with E-state index in [-0.39, 0.29) is 17.2 Å². The summed E-state index contributed by atoms with van der Waals surface area (Å²) in [7, 11) is 0.219. The summed E-state index contributed by atoms with van der Waals surface area (Å²) in [6, 6.07) is 9.30. The molecule has 0 spiro atoms. The van der Waals surface area contributed by atoms with E-state index >= 15 is 0 Å². The molecule has 1 aliphatic rings. The molecule has 2 aromatic rings. The van der Waals surface area contributed by atoms with Crippen molar-refractivity contribution in [2.24, 2.45) is 0 Å². The lowest BCUT2D eigenvalue weighted by Gasteiger charge is -2.41. The van der Waals surface area contributed by atoms with Gasteiger partial charge < -0.3 is 14.6 Å². The molecule has 0 aliphatic carbocycles. The number of aromatic nitrogens is 2. The van der Waals surface area contributed by atoms with Crippen LogP contribution in [-0.4, -0.2) is 67.5 Å². The fourth-order valence-electron chi connectivity index (χ4n) is 3.30. The van der Waals surface area contributed by atoms with Crippen molar-refractivity contribution < 1.29 is 13.2 Å². The van der Waals surface area contributed by atoms with E-state index in [1.165, 1.54) is 6.20 Å². The lowest BCUT2D eigenvalue weighted by molar-refractivity contribution is -0.0515. The van der Waals surface area contributed by atoms with E-state index in [2.05, 4.69) is 9.97 Å². The summed E-state index contributed by atoms with van der Waals surface area (Å²) < 4.78 is 34.2. The third-order valence-electron chi connectivity index (χ3n) is 4.52. The first-order valence-electron chi connectivity index (χ1n) is 8.80. The molecule has 8 heteroatoms. The standard InChI is InChI=1S/C18H26N4O3S/c1-4-16-19-12-17(20-16)26(23,24)22-10-11-25-15(13-21(2)3)18(22)14-8-6-5-7-9-14/h5-9,12,15,18H,4,10-11,13H2,1-3H3,(H,19,20)/t15-,18-/m0/s1. The number of rotatable bonds is 6. The Hall–Kier alpha value is -1.74. The number of hydrogen-bond acceptors (Lipinski definition) is 5. The topological polar surface area (TPSA) is 78.5 Å². The molecule has 3 rings (SSSR count). The first-order chi connectivity index (χ1) is 12.4. The van der Waals surface area contributed by atoms with Crippen LogP contribution in [0.1, 0.15) is 24.4 Å². The van der Waals surface area contributed by atoms with E-state index in [0.29, 0.717) is 31.9 Å². The summed E-state index contributed by atoms with van der Waals surface area (Å²) in [6.07, 6.45) is 1.82. The molecule has 1 saturated heterocycles. The van der Waals surface area contributed by atoms with Crippen LogP contribution in [-0.2, 0) is 21.2 Å². The number of morpholine rings is 1. The summed E-state index contributed by atoms with van der Waals surface area (Å²) in [5, 5.41) is 0.140. The predicted molar refractivity (Wildman–Crippen MR) is 99.3 cm³/mol. The van der Waals surface area contributed by atoms with Gasteiger partial charge in [-0.25, -0.2) is 13.4 Å². The van der Waals surface area contributed by atoms with Gasteiger partial charge in [-0.15, -0.1) is 0 Å². The minimum absolute atomic E-state index is 0.140. The first kappa shape index (κ1) is 19.0. The van der Waals surface area contributed by atoms with Gasteiger partial charge in [0, 0.05) is 19.5 Å². The number of imidazole rings is 1. The van der Waals surface area contributed by atoms with Gasteiger partial charge in [0.25, 0.3) is 10.0 Å². The van der Waals surface area contributed by atoms with E-state index in [4.69, 9.17) is 4.74 Å². The Bertz CT molecular complexity index is 820. The van der Waals surface area contributed by atoms with Gasteiger partial charge in [0.1, 0.15) is 5.82 Å². The van der Waals surface area contributed by atoms with Crippen LogP contribution in [0.15, 0.2) is 41.6 Å². The number of H-pyrrole nitrogens is 1. The summed E-state index contributed by atoms with van der Waals surface area (Å²) in [5.41, 5.74) is 0.929. The van der Waals surface area contributed by atoms with Crippen LogP contribution in [0.3, 0.4) is 0 Å². The van der Waals surface area contributed by atoms with Crippen molar-refractivity contribution in [3.63, 3.8) is 0 Å². The average molecular weight is 378 g/mol. The summed E-state index contributed by atoms with van der Waals surface area (Å²) in [5.74, 6) is 0.665. The van der Waals surface area contributed by atoms with E-state index in [1.54, 1.807) is 4.31 Å². The van der Waals surface area contributed by atoms with Crippen molar-refractivity contribution in [2.45, 2.75) is 30.5 Å². The molecule has 1 fully saturated rings. The third kappa shape index (κ3) is 3.83. The van der Waals surface area contributed by atoms with Crippen molar-refractivity contribution in [3.8, 4) is 0 Å². The van der Waals surface area contributed by atoms with Crippen LogP contribution >= 0.6 is 0 Å². The maximum absolute atomic E-state index is 13.3. The van der Waals surface area contributed by atoms with Crippen LogP contribution in [0.4, 0.5) is 0 Å². The molecule has 1 aromatic carbocycles. The van der Waals surface area contributed by atoms with Gasteiger partial charge in [-0.05, 0) is 19.7 Å². The molecule has 26 heavy (non-hydrogen) atoms. The Labute approximate surface area is 155 Å². The first-order valence-corrected chi connectivity index (χ1v) is 10.2. The molecule has 1 aliphatic heterocycles. The molecular weight excluding hydrogens is 352 g/mol. The molecule has 0 saturated carbocycles. The molecule has 0 unspecified atom stereocenters. The average Bonchev–Trinajstić information content (AvgIpc) is 3.12. The number of aryl methyl sites for hydroxylation is 1. The van der Waals surface area contributed by atoms with Gasteiger partial charge in [0.2, 0.25) is 0 Å². The zero-order chi connectivity index (χ0) is 18.7. The SMILES string of the molecule is CCc1ncc(S(=O)(=O)N2CCO[C@@H](CN(C)C)[C@@H]2c2ccccc2)[nH]1. The Kier molecular flexibility index (Phi) is 5.76. The molecule has 1 aromatic heterocycles. The zero-order valence-electron chi connectivity index (χ0n) is 15.4. The number of ether oxygens (including phenoxy) is 1. The molecule has 2 heterocycles. The van der Waals surface area contributed by atoms with Gasteiger partial charge >= 0.3 is 0 Å². The van der Waals surface area contributed by atoms with Gasteiger partial charge in [0.15, 0.2) is 5.03 Å². The Morgan fingerprint density at radius 3 is 2.65 bits per heavy atom. The number of benzene rings is 1. The van der Waals surface area contributed by atoms with Crippen LogP contribution in [0.25, 0.3) is 0 Å². The highest BCUT2D eigenvalue weighted by Gasteiger charge is 2.41. The summed E-state index contributed by atoms with van der Waals surface area (Å²) in [4.78, 5) is 9.11. The fraction of sp³-hybridized carbons (Fsp3) is 0.500. The number of hydrogen-bond donors (Lipinski definition) is 1. The van der Waals surface area contributed by atoms with Crippen LogP contribution in [0, 0.1) is 0 Å². The normalized spacial score (nSPS) is 22.0. The molecule has 0 radical (unpaired) electrons. The lowest BCUT2D eigenvalue weighted by Crippen LogP contribution is -2.51. The summed E-state index contributed by atoms with van der Waals surface area (Å²) in [6.45, 7) is 3.25. The second kappa shape index (κ2) is 7.87. The highest BCUT2D eigenvalue weighted by molar-refractivity contribution is 7.89. The molecule has 142 valence electrons. The highest BCUT2D eigenvalue weighted by atomic mass is 32.2. The maximum atomic E-state index is 13.3. The van der Waals surface area contributed by atoms with E-state index < -0.39 is 10.0 Å². The molecule has 7 nitrogen and oxygen atoms in total. The van der Waals surface area contributed by atoms with Crippen molar-refractivity contribution in [1.82, 2.24) is 19.2 Å². The van der Waals surface area contributed by atoms with Crippen LogP contribution in [0.5, 0.6) is 0 Å². The number of sulfonamides is 1. The van der Waals surface area contributed by atoms with Crippen molar-refractivity contribution in [3.05, 3.63) is 47.9 Å². The Morgan fingerprint density at radius 1 is 1.31 bits per heavy atom. The van der Waals surface area contributed by atoms with Crippen molar-refractivity contribution in [2.75, 3.05) is 33.8 Å². The quantitative estimate of drug-likeness (QED) is 0.827. The minimum atomic E-state index is -3.70. The number of likely N-dealkylation sites (N-methyl/N-ethyl adjacent to an activating group) is 1. The van der Waals surface area contributed by atoms with Gasteiger partial charge in [0.05, 0.1) is 24.9 Å². The van der Waals surface area contributed by atoms with Crippen molar-refractivity contribution in [1.29, 1.82) is 0 Å². The maximum Gasteiger partial charge on any atom is 0.260 e. The second-order valence-electron chi connectivity index (χ2n) is 6.69. The van der Waals surface area contributed by atoms with Gasteiger partial charge in [-0.3, -0.25) is 0 Å². The number of aromatic amines is 1. The fourth-order valence-corrected chi connectivity index (χ4v) is 4.86. The predicted octanol–water partition coefficient (Wildman–Crippen LogP) is 1.66. The number of nitrogens with one attached hydrogen (secondary N) is 1. The highest BCUT2D eigenvalue weighted by Crippen LogP contribution is 2.34. The zero-order valence-corrected chi connectivity index (χ0v) is 16.2. The molecular formula is C18H26N4O3S. The van der Waals surface area contributed by atoms with Crippen LogP contribution in [0.2, 0.25) is 0 Å². The monoisotopic (exact) mass is 378 g/mol. The Morgan fingerprint density at radius 2 is 2.04 bits per heavy atom. The van der Waals surface area contributed by atoms with E-state index in [9.17, 15) is 8.42 Å². The Balaban J connectivity index is 2.01. The third-order valence-corrected chi connectivity index (χ3v) is 6.31. The van der Waals surface area contributed by atoms with Crippen molar-refractivity contribution >= 4 is 10.0 Å². The molecule has 0 amide bonds. The molecule has 1 N–H and O–H groups in total. The largest absolute Gasteiger partial charge is 0.373 e. The lowest BCUT2D eigenvalue weighted by atomic mass is 9.99. The van der Waals surface area contributed by atoms with Gasteiger partial charge in [-0.2, -0.15) is 4.31 Å². The second-order valence-corrected chi connectivity index (χ2v) is 8.55. The minimum Gasteiger partial charge on any atom is -0.373 e.